The number of ketones is 2. The molecule has 4 aliphatic heterocycles. The maximum Gasteiger partial charge on any atom is 0.410 e. The molecule has 0 radical (unpaired) electrons. The molecule has 0 bridgehead atoms. The maximum absolute atomic E-state index is 13.8. The molecule has 2 aliphatic carbocycles. The normalized spacial score (nSPS) is 19.0. The Balaban J connectivity index is 0.000000146. The summed E-state index contributed by atoms with van der Waals surface area (Å²) in [6, 6.07) is 12.3. The van der Waals surface area contributed by atoms with Crippen LogP contribution in [0.4, 0.5) is 18.4 Å². The number of nitrogens with one attached hydrogen (secondary N) is 3. The van der Waals surface area contributed by atoms with E-state index in [0.29, 0.717) is 79.5 Å². The topological polar surface area (TPSA) is 219 Å². The second-order valence-electron chi connectivity index (χ2n) is 21.2. The van der Waals surface area contributed by atoms with Crippen LogP contribution in [0, 0.1) is 11.6 Å². The largest absolute Gasteiger partial charge is 0.444 e. The Labute approximate surface area is 422 Å². The summed E-state index contributed by atoms with van der Waals surface area (Å²) in [5, 5.41) is 5.95. The van der Waals surface area contributed by atoms with Crippen molar-refractivity contribution in [3.63, 3.8) is 0 Å². The highest BCUT2D eigenvalue weighted by Gasteiger charge is 2.52. The molecule has 17 nitrogen and oxygen atoms in total. The van der Waals surface area contributed by atoms with Crippen molar-refractivity contribution in [1.82, 2.24) is 45.4 Å². The van der Waals surface area contributed by atoms with Crippen LogP contribution < -0.4 is 10.6 Å². The van der Waals surface area contributed by atoms with Gasteiger partial charge in [-0.05, 0) is 108 Å². The van der Waals surface area contributed by atoms with E-state index in [1.54, 1.807) is 62.3 Å². The van der Waals surface area contributed by atoms with Crippen molar-refractivity contribution in [3.05, 3.63) is 106 Å². The molecular weight excluding hydrogens is 997 g/mol. The molecule has 4 amide bonds. The summed E-state index contributed by atoms with van der Waals surface area (Å²) in [5.41, 5.74) is 5.39. The molecule has 7 heterocycles. The van der Waals surface area contributed by atoms with Gasteiger partial charge in [-0.15, -0.1) is 0 Å². The third-order valence-electron chi connectivity index (χ3n) is 12.8. The van der Waals surface area contributed by atoms with Crippen LogP contribution in [0.1, 0.15) is 104 Å². The minimum Gasteiger partial charge on any atom is -0.444 e. The number of aryl methyl sites for hydroxylation is 2. The van der Waals surface area contributed by atoms with Gasteiger partial charge in [0.15, 0.2) is 17.4 Å². The zero-order chi connectivity index (χ0) is 51.5. The van der Waals surface area contributed by atoms with Gasteiger partial charge in [0, 0.05) is 68.2 Å². The van der Waals surface area contributed by atoms with Gasteiger partial charge in [-0.3, -0.25) is 19.2 Å². The van der Waals surface area contributed by atoms with E-state index in [1.165, 1.54) is 29.2 Å². The van der Waals surface area contributed by atoms with Crippen molar-refractivity contribution in [2.75, 3.05) is 26.2 Å². The molecule has 0 saturated carbocycles. The van der Waals surface area contributed by atoms with Gasteiger partial charge in [-0.1, -0.05) is 40.2 Å². The summed E-state index contributed by atoms with van der Waals surface area (Å²) < 4.78 is 37.6. The number of halogens is 3. The van der Waals surface area contributed by atoms with E-state index in [0.717, 1.165) is 53.0 Å². The minimum absolute atomic E-state index is 0.0266. The fourth-order valence-electron chi connectivity index (χ4n) is 9.77. The number of hydrogen-bond acceptors (Lipinski definition) is 12. The summed E-state index contributed by atoms with van der Waals surface area (Å²) in [6.45, 7) is 12.4. The molecule has 1 atom stereocenters. The Morgan fingerprint density at radius 1 is 0.722 bits per heavy atom. The predicted octanol–water partition coefficient (Wildman–Crippen LogP) is 7.28. The average Bonchev–Trinajstić information content (AvgIpc) is 3.67. The summed E-state index contributed by atoms with van der Waals surface area (Å²) >= 11 is 3.35. The molecule has 2 spiro atoms. The Bertz CT molecular complexity index is 3030. The van der Waals surface area contributed by atoms with Crippen molar-refractivity contribution >= 4 is 51.5 Å². The summed E-state index contributed by atoms with van der Waals surface area (Å²) in [7, 11) is 0. The number of carbonyl (C=O) groups excluding carboxylic acids is 6. The van der Waals surface area contributed by atoms with Crippen LogP contribution in [-0.4, -0.2) is 124 Å². The second kappa shape index (κ2) is 18.9. The zero-order valence-corrected chi connectivity index (χ0v) is 42.3. The number of H-pyrrole nitrogens is 1. The van der Waals surface area contributed by atoms with E-state index >= 15 is 0 Å². The molecule has 72 heavy (non-hydrogen) atoms. The lowest BCUT2D eigenvalue weighted by Crippen LogP contribution is -2.74. The molecule has 1 unspecified atom stereocenters. The first-order valence-corrected chi connectivity index (χ1v) is 24.6. The molecule has 3 fully saturated rings. The Morgan fingerprint density at radius 3 is 1.78 bits per heavy atom. The van der Waals surface area contributed by atoms with E-state index in [9.17, 15) is 37.5 Å². The van der Waals surface area contributed by atoms with E-state index in [1.807, 2.05) is 20.8 Å². The quantitative estimate of drug-likeness (QED) is 0.117. The lowest BCUT2D eigenvalue weighted by molar-refractivity contribution is -0.138. The molecule has 3 aromatic heterocycles. The van der Waals surface area contributed by atoms with E-state index in [-0.39, 0.29) is 52.4 Å². The fraction of sp³-hybridized carbons (Fsp3) is 0.423. The number of fused-ring (bicyclic) bond motifs is 6. The molecule has 6 aliphatic rings. The second-order valence-corrected chi connectivity index (χ2v) is 22.3. The van der Waals surface area contributed by atoms with Gasteiger partial charge in [0.25, 0.3) is 5.91 Å². The Morgan fingerprint density at radius 2 is 1.25 bits per heavy atom. The molecule has 3 N–H and O–H groups in total. The number of hydrogen-bond donors (Lipinski definition) is 3. The van der Waals surface area contributed by atoms with Gasteiger partial charge in [-0.25, -0.2) is 38.3 Å². The van der Waals surface area contributed by atoms with Crippen LogP contribution in [0.2, 0.25) is 0 Å². The van der Waals surface area contributed by atoms with Crippen LogP contribution in [-0.2, 0) is 44.7 Å². The Hall–Kier alpha value is -6.96. The number of aromatic amines is 1. The van der Waals surface area contributed by atoms with Crippen LogP contribution >= 0.6 is 15.9 Å². The van der Waals surface area contributed by atoms with Crippen LogP contribution in [0.15, 0.2) is 60.9 Å². The van der Waals surface area contributed by atoms with Gasteiger partial charge in [-0.2, -0.15) is 0 Å². The first-order valence-electron chi connectivity index (χ1n) is 23.7. The third kappa shape index (κ3) is 10.6. The molecule has 20 heteroatoms. The summed E-state index contributed by atoms with van der Waals surface area (Å²) in [6.07, 6.45) is 6.50. The van der Waals surface area contributed by atoms with Crippen LogP contribution in [0.25, 0.3) is 34.2 Å². The van der Waals surface area contributed by atoms with Gasteiger partial charge >= 0.3 is 12.2 Å². The minimum atomic E-state index is -0.569. The molecule has 11 rings (SSSR count). The number of piperidine rings is 1. The highest BCUT2D eigenvalue weighted by molar-refractivity contribution is 9.10. The van der Waals surface area contributed by atoms with E-state index in [2.05, 4.69) is 46.5 Å². The lowest BCUT2D eigenvalue weighted by Gasteiger charge is -2.51. The smallest absolute Gasteiger partial charge is 0.410 e. The zero-order valence-electron chi connectivity index (χ0n) is 40.7. The van der Waals surface area contributed by atoms with Crippen molar-refractivity contribution < 1.29 is 47.0 Å². The molecule has 376 valence electrons. The van der Waals surface area contributed by atoms with E-state index < -0.39 is 28.4 Å². The van der Waals surface area contributed by atoms with Gasteiger partial charge < -0.3 is 34.9 Å². The van der Waals surface area contributed by atoms with Gasteiger partial charge in [0.2, 0.25) is 5.91 Å². The fourth-order valence-corrected chi connectivity index (χ4v) is 10.2. The standard InChI is InChI=1S/C26H26FN5O3.C14H10BrFN2O.C12H18N2O4/c1-25(2,3)35-24(34)32-12-26(13-32)10-18-19(23(33)31-26)17-8-7-15-11-28-22(30-20(15)21(17)29-18)14-5-4-6-16(27)9-14;15-11-5-4-9-7-17-14(18-12(9)13(11)19)8-2-1-3-10(16)6-8;1-11(2,3)18-10(17)14-6-12(7-14)5-8(15)4-9(16)13-12/h4-6,9,11,29H,7-8,10,12-13H2,1-3H3,(H,31,33);1-3,6-7,11H,4-5H2;4-7H2,1-3H3,(H,13,16). The summed E-state index contributed by atoms with van der Waals surface area (Å²) in [5.74, 6) is -0.342. The molecule has 5 aromatic rings. The first kappa shape index (κ1) is 50.0. The van der Waals surface area contributed by atoms with Crippen molar-refractivity contribution in [3.8, 4) is 34.2 Å². The van der Waals surface area contributed by atoms with E-state index in [4.69, 9.17) is 14.5 Å². The third-order valence-corrected chi connectivity index (χ3v) is 13.7. The first-order chi connectivity index (χ1) is 33.9. The lowest BCUT2D eigenvalue weighted by atomic mass is 9.80. The van der Waals surface area contributed by atoms with Crippen molar-refractivity contribution in [2.45, 2.75) is 114 Å². The molecule has 3 saturated heterocycles. The number of Topliss-reactive ketones (excluding diaryl/α,β-unsaturated/α-hetero) is 2. The summed E-state index contributed by atoms with van der Waals surface area (Å²) in [4.78, 5) is 96.3. The number of carbonyl (C=O) groups is 6. The van der Waals surface area contributed by atoms with Crippen LogP contribution in [0.3, 0.4) is 0 Å². The van der Waals surface area contributed by atoms with Crippen molar-refractivity contribution in [2.24, 2.45) is 0 Å². The van der Waals surface area contributed by atoms with Gasteiger partial charge in [0.1, 0.15) is 34.3 Å². The van der Waals surface area contributed by atoms with Crippen molar-refractivity contribution in [1.29, 1.82) is 0 Å². The number of likely N-dealkylation sites (tertiary alicyclic amines) is 2. The number of aromatic nitrogens is 5. The number of alkyl halides is 1. The Kier molecular flexibility index (Phi) is 13.1. The molecular formula is C52H54BrF2N9O8. The number of rotatable bonds is 2. The highest BCUT2D eigenvalue weighted by Crippen LogP contribution is 2.41. The maximum atomic E-state index is 13.8. The number of ether oxygens (including phenoxy) is 2. The number of amides is 4. The number of nitrogens with zero attached hydrogens (tertiary/aromatic N) is 6. The monoisotopic (exact) mass is 1050 g/mol. The number of benzene rings is 2. The van der Waals surface area contributed by atoms with Gasteiger partial charge in [0.05, 0.1) is 39.3 Å². The predicted molar refractivity (Wildman–Crippen MR) is 262 cm³/mol. The SMILES string of the molecule is CC(C)(C)OC(=O)N1CC2(CC(=O)CC(=O)N2)C1.CC(C)(C)OC(=O)N1CC2(Cc3[nH]c4c(c3C(=O)N2)CCc2cnc(-c3cccc(F)c3)nc2-4)C1.O=C1c2nc(-c3cccc(F)c3)ncc2CCC1Br. The molecule has 2 aromatic carbocycles. The van der Waals surface area contributed by atoms with Crippen LogP contribution in [0.5, 0.6) is 0 Å². The highest BCUT2D eigenvalue weighted by atomic mass is 79.9. The average molecular weight is 1050 g/mol.